The van der Waals surface area contributed by atoms with E-state index in [-0.39, 0.29) is 11.6 Å². The lowest BCUT2D eigenvalue weighted by Gasteiger charge is -2.44. The minimum atomic E-state index is -0.118. The molecule has 1 aliphatic rings. The van der Waals surface area contributed by atoms with Gasteiger partial charge in [-0.2, -0.15) is 0 Å². The fraction of sp³-hybridized carbons (Fsp3) is 0.867. The summed E-state index contributed by atoms with van der Waals surface area (Å²) in [5.41, 5.74) is 1.00. The summed E-state index contributed by atoms with van der Waals surface area (Å²) in [6, 6.07) is 0.167. The largest absolute Gasteiger partial charge is 0.373 e. The SMILES string of the molecule is CCNC(c1cnnn1C)C1(OCC)CCC(C)CC1. The summed E-state index contributed by atoms with van der Waals surface area (Å²) in [5.74, 6) is 0.801. The molecular weight excluding hydrogens is 252 g/mol. The lowest BCUT2D eigenvalue weighted by molar-refractivity contribution is -0.0988. The molecule has 0 radical (unpaired) electrons. The Kier molecular flexibility index (Phi) is 5.16. The maximum absolute atomic E-state index is 6.28. The van der Waals surface area contributed by atoms with Gasteiger partial charge in [-0.1, -0.05) is 19.1 Å². The normalized spacial score (nSPS) is 28.5. The Bertz CT molecular complexity index is 410. The van der Waals surface area contributed by atoms with Crippen LogP contribution in [0.2, 0.25) is 0 Å². The predicted octanol–water partition coefficient (Wildman–Crippen LogP) is 2.45. The van der Waals surface area contributed by atoms with Gasteiger partial charge in [0.25, 0.3) is 0 Å². The second kappa shape index (κ2) is 6.68. The lowest BCUT2D eigenvalue weighted by atomic mass is 9.74. The van der Waals surface area contributed by atoms with Crippen LogP contribution >= 0.6 is 0 Å². The number of rotatable bonds is 6. The zero-order valence-corrected chi connectivity index (χ0v) is 13.2. The third-order valence-electron chi connectivity index (χ3n) is 4.53. The Hall–Kier alpha value is -0.940. The van der Waals surface area contributed by atoms with Crippen molar-refractivity contribution in [2.24, 2.45) is 13.0 Å². The van der Waals surface area contributed by atoms with Crippen LogP contribution in [-0.4, -0.2) is 33.7 Å². The summed E-state index contributed by atoms with van der Waals surface area (Å²) >= 11 is 0. The van der Waals surface area contributed by atoms with Gasteiger partial charge in [-0.15, -0.1) is 5.10 Å². The summed E-state index contributed by atoms with van der Waals surface area (Å²) < 4.78 is 8.15. The molecule has 0 bridgehead atoms. The fourth-order valence-corrected chi connectivity index (χ4v) is 3.38. The molecule has 0 amide bonds. The van der Waals surface area contributed by atoms with Gasteiger partial charge in [-0.3, -0.25) is 4.68 Å². The molecule has 1 atom stereocenters. The van der Waals surface area contributed by atoms with Crippen molar-refractivity contribution in [1.82, 2.24) is 20.3 Å². The molecule has 1 saturated carbocycles. The van der Waals surface area contributed by atoms with E-state index in [1.807, 2.05) is 17.9 Å². The molecule has 2 rings (SSSR count). The highest BCUT2D eigenvalue weighted by molar-refractivity contribution is 5.11. The zero-order valence-electron chi connectivity index (χ0n) is 13.2. The summed E-state index contributed by atoms with van der Waals surface area (Å²) in [4.78, 5) is 0. The number of hydrogen-bond donors (Lipinski definition) is 1. The van der Waals surface area contributed by atoms with Crippen molar-refractivity contribution in [1.29, 1.82) is 0 Å². The van der Waals surface area contributed by atoms with Crippen LogP contribution in [0, 0.1) is 5.92 Å². The van der Waals surface area contributed by atoms with Crippen LogP contribution in [0.3, 0.4) is 0 Å². The average molecular weight is 280 g/mol. The molecule has 0 aliphatic heterocycles. The number of nitrogens with zero attached hydrogens (tertiary/aromatic N) is 3. The molecule has 1 N–H and O–H groups in total. The van der Waals surface area contributed by atoms with Crippen LogP contribution in [-0.2, 0) is 11.8 Å². The van der Waals surface area contributed by atoms with Gasteiger partial charge < -0.3 is 10.1 Å². The fourth-order valence-electron chi connectivity index (χ4n) is 3.38. The van der Waals surface area contributed by atoms with Crippen LogP contribution in [0.1, 0.15) is 58.2 Å². The van der Waals surface area contributed by atoms with Crippen LogP contribution in [0.15, 0.2) is 6.20 Å². The number of aromatic nitrogens is 3. The summed E-state index contributed by atoms with van der Waals surface area (Å²) in [6.07, 6.45) is 6.53. The highest BCUT2D eigenvalue weighted by Gasteiger charge is 2.43. The van der Waals surface area contributed by atoms with Crippen LogP contribution in [0.4, 0.5) is 0 Å². The Morgan fingerprint density at radius 2 is 2.15 bits per heavy atom. The molecule has 114 valence electrons. The van der Waals surface area contributed by atoms with Crippen molar-refractivity contribution in [2.75, 3.05) is 13.2 Å². The van der Waals surface area contributed by atoms with Crippen LogP contribution in [0.25, 0.3) is 0 Å². The second-order valence-electron chi connectivity index (χ2n) is 5.95. The average Bonchev–Trinajstić information content (AvgIpc) is 2.85. The van der Waals surface area contributed by atoms with Gasteiger partial charge in [0.1, 0.15) is 0 Å². The number of ether oxygens (including phenoxy) is 1. The zero-order chi connectivity index (χ0) is 14.6. The van der Waals surface area contributed by atoms with Gasteiger partial charge in [0, 0.05) is 13.7 Å². The first-order chi connectivity index (χ1) is 9.63. The molecule has 1 heterocycles. The van der Waals surface area contributed by atoms with Crippen LogP contribution < -0.4 is 5.32 Å². The van der Waals surface area contributed by atoms with Gasteiger partial charge in [0.2, 0.25) is 0 Å². The number of likely N-dealkylation sites (N-methyl/N-ethyl adjacent to an activating group) is 1. The molecule has 1 fully saturated rings. The minimum Gasteiger partial charge on any atom is -0.373 e. The van der Waals surface area contributed by atoms with Gasteiger partial charge in [0.15, 0.2) is 0 Å². The first kappa shape index (κ1) is 15.4. The molecule has 20 heavy (non-hydrogen) atoms. The van der Waals surface area contributed by atoms with E-state index >= 15 is 0 Å². The Labute approximate surface area is 122 Å². The predicted molar refractivity (Wildman–Crippen MR) is 79.4 cm³/mol. The van der Waals surface area contributed by atoms with E-state index in [1.165, 1.54) is 12.8 Å². The molecule has 0 saturated heterocycles. The molecule has 1 aliphatic carbocycles. The number of hydrogen-bond acceptors (Lipinski definition) is 4. The summed E-state index contributed by atoms with van der Waals surface area (Å²) in [6.45, 7) is 8.23. The van der Waals surface area contributed by atoms with Crippen molar-refractivity contribution >= 4 is 0 Å². The van der Waals surface area contributed by atoms with Gasteiger partial charge in [0.05, 0.1) is 23.5 Å². The quantitative estimate of drug-likeness (QED) is 0.869. The standard InChI is InChI=1S/C15H28N4O/c1-5-16-14(13-11-17-18-19(13)4)15(20-6-2)9-7-12(3)8-10-15/h11-12,14,16H,5-10H2,1-4H3. The Balaban J connectivity index is 2.30. The van der Waals surface area contributed by atoms with E-state index in [0.29, 0.717) is 0 Å². The monoisotopic (exact) mass is 280 g/mol. The molecular formula is C15H28N4O. The van der Waals surface area contributed by atoms with E-state index in [0.717, 1.165) is 37.6 Å². The van der Waals surface area contributed by atoms with Crippen LogP contribution in [0.5, 0.6) is 0 Å². The molecule has 1 unspecified atom stereocenters. The maximum Gasteiger partial charge on any atom is 0.0892 e. The van der Waals surface area contributed by atoms with Crippen molar-refractivity contribution < 1.29 is 4.74 Å². The molecule has 0 spiro atoms. The van der Waals surface area contributed by atoms with Crippen molar-refractivity contribution in [2.45, 2.75) is 58.1 Å². The highest BCUT2D eigenvalue weighted by atomic mass is 16.5. The Morgan fingerprint density at radius 1 is 1.45 bits per heavy atom. The van der Waals surface area contributed by atoms with Gasteiger partial charge >= 0.3 is 0 Å². The molecule has 5 nitrogen and oxygen atoms in total. The van der Waals surface area contributed by atoms with Gasteiger partial charge in [-0.05, 0) is 45.1 Å². The topological polar surface area (TPSA) is 52.0 Å². The van der Waals surface area contributed by atoms with Crippen molar-refractivity contribution in [3.63, 3.8) is 0 Å². The summed E-state index contributed by atoms with van der Waals surface area (Å²) in [7, 11) is 1.96. The molecule has 0 aromatic carbocycles. The first-order valence-corrected chi connectivity index (χ1v) is 7.85. The maximum atomic E-state index is 6.28. The molecule has 1 aromatic rings. The third-order valence-corrected chi connectivity index (χ3v) is 4.53. The summed E-state index contributed by atoms with van der Waals surface area (Å²) in [5, 5.41) is 11.7. The first-order valence-electron chi connectivity index (χ1n) is 7.85. The lowest BCUT2D eigenvalue weighted by Crippen LogP contribution is -2.49. The van der Waals surface area contributed by atoms with Crippen molar-refractivity contribution in [3.05, 3.63) is 11.9 Å². The van der Waals surface area contributed by atoms with E-state index in [4.69, 9.17) is 4.74 Å². The van der Waals surface area contributed by atoms with Gasteiger partial charge in [-0.25, -0.2) is 0 Å². The smallest absolute Gasteiger partial charge is 0.0892 e. The van der Waals surface area contributed by atoms with E-state index in [9.17, 15) is 0 Å². The minimum absolute atomic E-state index is 0.118. The van der Waals surface area contributed by atoms with E-state index in [1.54, 1.807) is 0 Å². The van der Waals surface area contributed by atoms with E-state index in [2.05, 4.69) is 36.4 Å². The van der Waals surface area contributed by atoms with Crippen molar-refractivity contribution in [3.8, 4) is 0 Å². The Morgan fingerprint density at radius 3 is 2.65 bits per heavy atom. The molecule has 5 heteroatoms. The number of nitrogens with one attached hydrogen (secondary N) is 1. The highest BCUT2D eigenvalue weighted by Crippen LogP contribution is 2.43. The third kappa shape index (κ3) is 3.04. The molecule has 1 aromatic heterocycles. The second-order valence-corrected chi connectivity index (χ2v) is 5.95. The van der Waals surface area contributed by atoms with E-state index < -0.39 is 0 Å². The number of aryl methyl sites for hydroxylation is 1.